The van der Waals surface area contributed by atoms with E-state index in [-0.39, 0.29) is 30.0 Å². The molecule has 1 aromatic heterocycles. The van der Waals surface area contributed by atoms with Crippen molar-refractivity contribution in [3.05, 3.63) is 130 Å². The van der Waals surface area contributed by atoms with Gasteiger partial charge in [0.1, 0.15) is 12.6 Å². The van der Waals surface area contributed by atoms with Gasteiger partial charge in [-0.15, -0.1) is 0 Å². The van der Waals surface area contributed by atoms with Crippen LogP contribution in [0, 0.1) is 10.1 Å². The molecule has 0 bridgehead atoms. The first kappa shape index (κ1) is 30.7. The molecule has 5 rings (SSSR count). The fourth-order valence-electron chi connectivity index (χ4n) is 4.81. The highest BCUT2D eigenvalue weighted by Gasteiger charge is 2.34. The molecule has 1 aliphatic heterocycles. The molecule has 0 amide bonds. The maximum Gasteiger partial charge on any atom is 0.338 e. The van der Waals surface area contributed by atoms with Crippen molar-refractivity contribution in [3.8, 4) is 11.5 Å². The van der Waals surface area contributed by atoms with Crippen LogP contribution in [-0.2, 0) is 16.1 Å². The van der Waals surface area contributed by atoms with Gasteiger partial charge in [-0.3, -0.25) is 19.5 Å². The van der Waals surface area contributed by atoms with E-state index in [1.165, 1.54) is 28.0 Å². The Morgan fingerprint density at radius 2 is 1.82 bits per heavy atom. The molecule has 0 saturated heterocycles. The van der Waals surface area contributed by atoms with Crippen molar-refractivity contribution in [2.75, 3.05) is 13.2 Å². The van der Waals surface area contributed by atoms with E-state index in [1.807, 2.05) is 6.92 Å². The van der Waals surface area contributed by atoms with Gasteiger partial charge in [0, 0.05) is 17.2 Å². The molecule has 10 nitrogen and oxygen atoms in total. The lowest BCUT2D eigenvalue weighted by Crippen LogP contribution is -2.40. The number of non-ortho nitro benzene ring substituents is 1. The van der Waals surface area contributed by atoms with E-state index in [9.17, 15) is 19.7 Å². The van der Waals surface area contributed by atoms with E-state index >= 15 is 0 Å². The van der Waals surface area contributed by atoms with Crippen molar-refractivity contribution in [1.82, 2.24) is 4.57 Å². The maximum atomic E-state index is 13.9. The van der Waals surface area contributed by atoms with Crippen LogP contribution in [0.2, 0.25) is 5.02 Å². The Morgan fingerprint density at radius 3 is 2.50 bits per heavy atom. The first-order chi connectivity index (χ1) is 21.2. The summed E-state index contributed by atoms with van der Waals surface area (Å²) in [6.45, 7) is 6.02. The maximum absolute atomic E-state index is 13.9. The Balaban J connectivity index is 1.52. The fraction of sp³-hybridized carbons (Fsp3) is 0.219. The van der Waals surface area contributed by atoms with E-state index in [0.29, 0.717) is 49.3 Å². The van der Waals surface area contributed by atoms with Gasteiger partial charge in [-0.2, -0.15) is 0 Å². The molecule has 1 aliphatic rings. The molecule has 4 aromatic rings. The average Bonchev–Trinajstić information content (AvgIpc) is 3.30. The second-order valence-electron chi connectivity index (χ2n) is 9.68. The number of halogens is 1. The number of carbonyl (C=O) groups is 1. The Morgan fingerprint density at radius 1 is 1.07 bits per heavy atom. The summed E-state index contributed by atoms with van der Waals surface area (Å²) in [5.74, 6) is 0.404. The summed E-state index contributed by atoms with van der Waals surface area (Å²) < 4.78 is 19.0. The lowest BCUT2D eigenvalue weighted by Gasteiger charge is -2.25. The van der Waals surface area contributed by atoms with Crippen molar-refractivity contribution in [1.29, 1.82) is 0 Å². The number of allylic oxidation sites excluding steroid dienone is 1. The molecule has 2 heterocycles. The highest BCUT2D eigenvalue weighted by atomic mass is 35.5. The zero-order chi connectivity index (χ0) is 31.4. The van der Waals surface area contributed by atoms with Gasteiger partial charge in [-0.05, 0) is 73.9 Å². The van der Waals surface area contributed by atoms with E-state index < -0.39 is 16.9 Å². The first-order valence-electron chi connectivity index (χ1n) is 13.8. The van der Waals surface area contributed by atoms with Crippen molar-refractivity contribution < 1.29 is 23.9 Å². The number of rotatable bonds is 10. The predicted molar refractivity (Wildman–Crippen MR) is 167 cm³/mol. The van der Waals surface area contributed by atoms with Crippen LogP contribution in [0.4, 0.5) is 5.69 Å². The number of esters is 1. The number of nitro groups is 1. The molecule has 0 aliphatic carbocycles. The molecule has 0 radical (unpaired) electrons. The molecule has 0 N–H and O–H groups in total. The fourth-order valence-corrected chi connectivity index (χ4v) is 6.10. The lowest BCUT2D eigenvalue weighted by atomic mass is 9.96. The topological polar surface area (TPSA) is 122 Å². The summed E-state index contributed by atoms with van der Waals surface area (Å²) in [6.07, 6.45) is 1.74. The predicted octanol–water partition coefficient (Wildman–Crippen LogP) is 5.34. The summed E-state index contributed by atoms with van der Waals surface area (Å²) >= 11 is 7.78. The zero-order valence-electron chi connectivity index (χ0n) is 24.1. The number of nitro benzene ring substituents is 1. The number of fused-ring (bicyclic) bond motifs is 1. The van der Waals surface area contributed by atoms with Gasteiger partial charge >= 0.3 is 5.97 Å². The number of ether oxygens (including phenoxy) is 3. The standard InChI is InChI=1S/C32H28ClN3O7S/c1-4-41-26-16-21(12-15-25(26)43-18-20-10-13-22(14-11-20)36(39)40)17-27-30(37)35-29(23-8-6-7-9-24(23)33)28(31(38)42-5-2)19(3)34-32(35)44-27/h6-17,29H,4-5,18H2,1-3H3. The Labute approximate surface area is 261 Å². The molecule has 0 fully saturated rings. The van der Waals surface area contributed by atoms with Crippen LogP contribution < -0.4 is 24.4 Å². The SMILES string of the molecule is CCOC(=O)C1=C(C)N=c2sc(=Cc3ccc(OCc4ccc([N+](=O)[O-])cc4)c(OCC)c3)c(=O)n2C1c1ccccc1Cl. The van der Waals surface area contributed by atoms with Gasteiger partial charge in [-0.25, -0.2) is 9.79 Å². The number of carbonyl (C=O) groups excluding carboxylic acids is 1. The van der Waals surface area contributed by atoms with Crippen LogP contribution in [0.15, 0.2) is 87.8 Å². The molecule has 12 heteroatoms. The third-order valence-corrected chi connectivity index (χ3v) is 8.15. The minimum absolute atomic E-state index is 0.00357. The third kappa shape index (κ3) is 6.29. The minimum atomic E-state index is -0.810. The Hall–Kier alpha value is -4.74. The summed E-state index contributed by atoms with van der Waals surface area (Å²) in [5, 5.41) is 11.3. The molecule has 0 spiro atoms. The van der Waals surface area contributed by atoms with Crippen molar-refractivity contribution in [2.24, 2.45) is 4.99 Å². The van der Waals surface area contributed by atoms with Crippen LogP contribution in [0.3, 0.4) is 0 Å². The number of aromatic nitrogens is 1. The van der Waals surface area contributed by atoms with Crippen LogP contribution in [0.1, 0.15) is 43.5 Å². The largest absolute Gasteiger partial charge is 0.490 e. The summed E-state index contributed by atoms with van der Waals surface area (Å²) in [5.41, 5.74) is 2.42. The van der Waals surface area contributed by atoms with Gasteiger partial charge in [0.2, 0.25) is 0 Å². The third-order valence-electron chi connectivity index (χ3n) is 6.82. The molecule has 1 atom stereocenters. The van der Waals surface area contributed by atoms with Crippen LogP contribution in [0.25, 0.3) is 6.08 Å². The van der Waals surface area contributed by atoms with E-state index in [4.69, 9.17) is 25.8 Å². The van der Waals surface area contributed by atoms with Gasteiger partial charge in [0.15, 0.2) is 16.3 Å². The highest BCUT2D eigenvalue weighted by Crippen LogP contribution is 2.34. The highest BCUT2D eigenvalue weighted by molar-refractivity contribution is 7.07. The van der Waals surface area contributed by atoms with Crippen molar-refractivity contribution in [3.63, 3.8) is 0 Å². The second kappa shape index (κ2) is 13.3. The van der Waals surface area contributed by atoms with Gasteiger partial charge in [0.25, 0.3) is 11.2 Å². The van der Waals surface area contributed by atoms with Gasteiger partial charge in [0.05, 0.1) is 33.9 Å². The van der Waals surface area contributed by atoms with E-state index in [0.717, 1.165) is 5.56 Å². The molecule has 226 valence electrons. The Kier molecular flexibility index (Phi) is 9.26. The Bertz CT molecular complexity index is 1950. The first-order valence-corrected chi connectivity index (χ1v) is 15.0. The monoisotopic (exact) mass is 633 g/mol. The van der Waals surface area contributed by atoms with Crippen LogP contribution in [0.5, 0.6) is 11.5 Å². The smallest absolute Gasteiger partial charge is 0.338 e. The molecular formula is C32H28ClN3O7S. The van der Waals surface area contributed by atoms with E-state index in [1.54, 1.807) is 74.5 Å². The van der Waals surface area contributed by atoms with Gasteiger partial charge in [-0.1, -0.05) is 47.2 Å². The number of hydrogen-bond donors (Lipinski definition) is 0. The average molecular weight is 634 g/mol. The molecule has 3 aromatic carbocycles. The van der Waals surface area contributed by atoms with Crippen molar-refractivity contribution >= 4 is 40.7 Å². The normalized spacial score (nSPS) is 14.5. The van der Waals surface area contributed by atoms with Crippen LogP contribution >= 0.6 is 22.9 Å². The number of nitrogens with zero attached hydrogens (tertiary/aromatic N) is 3. The zero-order valence-corrected chi connectivity index (χ0v) is 25.7. The van der Waals surface area contributed by atoms with Crippen molar-refractivity contribution in [2.45, 2.75) is 33.4 Å². The molecule has 1 unspecified atom stereocenters. The minimum Gasteiger partial charge on any atom is -0.490 e. The number of thiazole rings is 1. The summed E-state index contributed by atoms with van der Waals surface area (Å²) in [7, 11) is 0. The molecular weight excluding hydrogens is 606 g/mol. The summed E-state index contributed by atoms with van der Waals surface area (Å²) in [4.78, 5) is 42.5. The molecule has 0 saturated carbocycles. The van der Waals surface area contributed by atoms with Gasteiger partial charge < -0.3 is 14.2 Å². The van der Waals surface area contributed by atoms with E-state index in [2.05, 4.69) is 4.99 Å². The quantitative estimate of drug-likeness (QED) is 0.131. The van der Waals surface area contributed by atoms with Crippen LogP contribution in [-0.4, -0.2) is 28.7 Å². The second-order valence-corrected chi connectivity index (χ2v) is 11.1. The molecule has 44 heavy (non-hydrogen) atoms. The number of hydrogen-bond acceptors (Lipinski definition) is 9. The number of benzene rings is 3. The summed E-state index contributed by atoms with van der Waals surface area (Å²) in [6, 6.07) is 17.7. The lowest BCUT2D eigenvalue weighted by molar-refractivity contribution is -0.384.